The minimum atomic E-state index is -0.724. The summed E-state index contributed by atoms with van der Waals surface area (Å²) in [6, 6.07) is 23.4. The van der Waals surface area contributed by atoms with E-state index in [4.69, 9.17) is 9.47 Å². The molecule has 0 saturated heterocycles. The summed E-state index contributed by atoms with van der Waals surface area (Å²) in [5, 5.41) is 15.4. The summed E-state index contributed by atoms with van der Waals surface area (Å²) >= 11 is 0. The zero-order chi connectivity index (χ0) is 24.2. The number of aliphatic hydroxyl groups is 1. The lowest BCUT2D eigenvalue weighted by molar-refractivity contribution is 0.169. The largest absolute Gasteiger partial charge is 0.497 e. The molecule has 2 atom stereocenters. The fourth-order valence-corrected chi connectivity index (χ4v) is 4.82. The van der Waals surface area contributed by atoms with Crippen LogP contribution in [0.5, 0.6) is 11.5 Å². The molecule has 35 heavy (non-hydrogen) atoms. The molecule has 0 fully saturated rings. The molecule has 5 rings (SSSR count). The van der Waals surface area contributed by atoms with Crippen LogP contribution in [-0.4, -0.2) is 29.8 Å². The molecule has 0 saturated carbocycles. The van der Waals surface area contributed by atoms with Crippen LogP contribution >= 0.6 is 0 Å². The summed E-state index contributed by atoms with van der Waals surface area (Å²) in [5.74, 6) is 1.46. The smallest absolute Gasteiger partial charge is 0.248 e. The molecule has 3 aromatic carbocycles. The molecular weight excluding hydrogens is 440 g/mol. The van der Waals surface area contributed by atoms with Crippen molar-refractivity contribution in [3.05, 3.63) is 105 Å². The average molecular weight is 471 g/mol. The number of fused-ring (bicyclic) bond motifs is 2. The number of aromatic amines is 1. The summed E-state index contributed by atoms with van der Waals surface area (Å²) in [5.41, 5.74) is 4.86. The van der Waals surface area contributed by atoms with Crippen LogP contribution < -0.4 is 20.3 Å². The highest BCUT2D eigenvalue weighted by Gasteiger charge is 2.21. The standard InChI is InChI=1S/C29H30N2O4/c1-34-23-10-8-20-7-9-22(15-21(20)16-23)30-17-26(32)24-11-13-27(29-25(24)12-14-28(33)31-29)35-18-19-5-3-2-4-6-19/h2-6,8,10-14,16,22,26,30,32H,7,9,15,17-18H2,1H3,(H,31,33). The van der Waals surface area contributed by atoms with Gasteiger partial charge in [0.05, 0.1) is 18.7 Å². The van der Waals surface area contributed by atoms with E-state index in [1.165, 1.54) is 17.2 Å². The van der Waals surface area contributed by atoms with E-state index in [2.05, 4.69) is 22.4 Å². The molecule has 0 spiro atoms. The Bertz CT molecular complexity index is 1370. The fraction of sp³-hybridized carbons (Fsp3) is 0.276. The topological polar surface area (TPSA) is 83.6 Å². The van der Waals surface area contributed by atoms with Gasteiger partial charge in [0.25, 0.3) is 0 Å². The second kappa shape index (κ2) is 10.3. The van der Waals surface area contributed by atoms with Crippen LogP contribution in [0.15, 0.2) is 77.6 Å². The zero-order valence-electron chi connectivity index (χ0n) is 19.8. The Morgan fingerprint density at radius 2 is 1.91 bits per heavy atom. The molecule has 6 heteroatoms. The van der Waals surface area contributed by atoms with Gasteiger partial charge in [0.2, 0.25) is 5.56 Å². The number of aromatic nitrogens is 1. The lowest BCUT2D eigenvalue weighted by atomic mass is 9.88. The van der Waals surface area contributed by atoms with Gasteiger partial charge in [-0.25, -0.2) is 0 Å². The Hall–Kier alpha value is -3.61. The molecule has 6 nitrogen and oxygen atoms in total. The van der Waals surface area contributed by atoms with Crippen molar-refractivity contribution in [2.75, 3.05) is 13.7 Å². The molecule has 0 amide bonds. The van der Waals surface area contributed by atoms with Crippen molar-refractivity contribution >= 4 is 10.9 Å². The van der Waals surface area contributed by atoms with E-state index in [1.54, 1.807) is 13.2 Å². The van der Waals surface area contributed by atoms with Gasteiger partial charge >= 0.3 is 0 Å². The van der Waals surface area contributed by atoms with E-state index in [1.807, 2.05) is 48.5 Å². The number of ether oxygens (including phenoxy) is 2. The third-order valence-corrected chi connectivity index (χ3v) is 6.73. The number of aliphatic hydroxyl groups excluding tert-OH is 1. The van der Waals surface area contributed by atoms with Crippen LogP contribution in [0.3, 0.4) is 0 Å². The summed E-state index contributed by atoms with van der Waals surface area (Å²) < 4.78 is 11.4. The molecular formula is C29H30N2O4. The minimum Gasteiger partial charge on any atom is -0.497 e. The van der Waals surface area contributed by atoms with Gasteiger partial charge in [-0.1, -0.05) is 42.5 Å². The van der Waals surface area contributed by atoms with E-state index in [0.717, 1.165) is 41.5 Å². The first-order chi connectivity index (χ1) is 17.1. The van der Waals surface area contributed by atoms with Crippen LogP contribution in [0.2, 0.25) is 0 Å². The lowest BCUT2D eigenvalue weighted by Crippen LogP contribution is -2.37. The quantitative estimate of drug-likeness (QED) is 0.358. The van der Waals surface area contributed by atoms with Crippen molar-refractivity contribution in [1.82, 2.24) is 10.3 Å². The minimum absolute atomic E-state index is 0.205. The zero-order valence-corrected chi connectivity index (χ0v) is 19.8. The monoisotopic (exact) mass is 470 g/mol. The molecule has 0 bridgehead atoms. The van der Waals surface area contributed by atoms with Crippen LogP contribution in [-0.2, 0) is 19.4 Å². The summed E-state index contributed by atoms with van der Waals surface area (Å²) in [6.45, 7) is 0.812. The van der Waals surface area contributed by atoms with Crippen molar-refractivity contribution < 1.29 is 14.6 Å². The van der Waals surface area contributed by atoms with Crippen molar-refractivity contribution in [1.29, 1.82) is 0 Å². The highest BCUT2D eigenvalue weighted by atomic mass is 16.5. The second-order valence-corrected chi connectivity index (χ2v) is 9.04. The van der Waals surface area contributed by atoms with Gasteiger partial charge < -0.3 is 24.9 Å². The maximum Gasteiger partial charge on any atom is 0.248 e. The number of nitrogens with one attached hydrogen (secondary N) is 2. The summed E-state index contributed by atoms with van der Waals surface area (Å²) in [6.07, 6.45) is 2.20. The Morgan fingerprint density at radius 3 is 2.74 bits per heavy atom. The molecule has 4 aromatic rings. The fourth-order valence-electron chi connectivity index (χ4n) is 4.82. The molecule has 180 valence electrons. The highest BCUT2D eigenvalue weighted by Crippen LogP contribution is 2.31. The second-order valence-electron chi connectivity index (χ2n) is 9.04. The SMILES string of the molecule is COc1ccc2c(c1)CC(NCC(O)c1ccc(OCc3ccccc3)c3[nH]c(=O)ccc13)CC2. The highest BCUT2D eigenvalue weighted by molar-refractivity contribution is 5.87. The first-order valence-corrected chi connectivity index (χ1v) is 12.0. The number of hydrogen-bond donors (Lipinski definition) is 3. The Kier molecular flexibility index (Phi) is 6.84. The van der Waals surface area contributed by atoms with Crippen LogP contribution in [0, 0.1) is 0 Å². The summed E-state index contributed by atoms with van der Waals surface area (Å²) in [7, 11) is 1.69. The molecule has 2 unspecified atom stereocenters. The van der Waals surface area contributed by atoms with Crippen LogP contribution in [0.25, 0.3) is 10.9 Å². The number of pyridine rings is 1. The van der Waals surface area contributed by atoms with Gasteiger partial charge in [0.15, 0.2) is 0 Å². The normalized spacial score (nSPS) is 16.0. The maximum absolute atomic E-state index is 12.1. The van der Waals surface area contributed by atoms with Crippen LogP contribution in [0.1, 0.15) is 34.8 Å². The van der Waals surface area contributed by atoms with Crippen molar-refractivity contribution in [2.45, 2.75) is 38.0 Å². The van der Waals surface area contributed by atoms with E-state index in [0.29, 0.717) is 24.4 Å². The maximum atomic E-state index is 12.1. The third-order valence-electron chi connectivity index (χ3n) is 6.73. The first-order valence-electron chi connectivity index (χ1n) is 12.0. The van der Waals surface area contributed by atoms with Gasteiger partial charge in [-0.15, -0.1) is 0 Å². The number of benzene rings is 3. The van der Waals surface area contributed by atoms with Gasteiger partial charge in [0, 0.05) is 24.0 Å². The van der Waals surface area contributed by atoms with Gasteiger partial charge in [-0.3, -0.25) is 4.79 Å². The van der Waals surface area contributed by atoms with E-state index < -0.39 is 6.10 Å². The Morgan fingerprint density at radius 1 is 1.06 bits per heavy atom. The number of hydrogen-bond acceptors (Lipinski definition) is 5. The summed E-state index contributed by atoms with van der Waals surface area (Å²) in [4.78, 5) is 15.0. The first kappa shape index (κ1) is 23.1. The van der Waals surface area contributed by atoms with Crippen molar-refractivity contribution in [3.63, 3.8) is 0 Å². The molecule has 0 aliphatic heterocycles. The molecule has 1 heterocycles. The van der Waals surface area contributed by atoms with Gasteiger partial charge in [-0.05, 0) is 65.8 Å². The van der Waals surface area contributed by atoms with Crippen molar-refractivity contribution in [3.8, 4) is 11.5 Å². The lowest BCUT2D eigenvalue weighted by Gasteiger charge is -2.27. The predicted octanol–water partition coefficient (Wildman–Crippen LogP) is 4.30. The molecule has 3 N–H and O–H groups in total. The Labute approximate surface area is 204 Å². The van der Waals surface area contributed by atoms with Crippen molar-refractivity contribution in [2.24, 2.45) is 0 Å². The van der Waals surface area contributed by atoms with Gasteiger partial charge in [0.1, 0.15) is 18.1 Å². The Balaban J connectivity index is 1.30. The molecule has 1 aliphatic carbocycles. The number of rotatable bonds is 8. The number of aryl methyl sites for hydroxylation is 1. The van der Waals surface area contributed by atoms with E-state index in [-0.39, 0.29) is 11.6 Å². The number of H-pyrrole nitrogens is 1. The molecule has 0 radical (unpaired) electrons. The van der Waals surface area contributed by atoms with E-state index in [9.17, 15) is 9.90 Å². The van der Waals surface area contributed by atoms with Crippen LogP contribution in [0.4, 0.5) is 0 Å². The molecule has 1 aliphatic rings. The van der Waals surface area contributed by atoms with Gasteiger partial charge in [-0.2, -0.15) is 0 Å². The molecule has 1 aromatic heterocycles. The van der Waals surface area contributed by atoms with E-state index >= 15 is 0 Å². The predicted molar refractivity (Wildman–Crippen MR) is 137 cm³/mol. The third kappa shape index (κ3) is 5.24. The average Bonchev–Trinajstić information content (AvgIpc) is 2.90. The number of methoxy groups -OCH3 is 1.